The highest BCUT2D eigenvalue weighted by molar-refractivity contribution is 7.89. The van der Waals surface area contributed by atoms with E-state index in [-0.39, 0.29) is 25.3 Å². The minimum Gasteiger partial charge on any atom is -0.346 e. The molecule has 0 spiro atoms. The van der Waals surface area contributed by atoms with Gasteiger partial charge in [-0.15, -0.1) is 0 Å². The van der Waals surface area contributed by atoms with Gasteiger partial charge in [0.1, 0.15) is 12.0 Å². The Hall–Kier alpha value is -2.93. The van der Waals surface area contributed by atoms with Crippen LogP contribution in [0.25, 0.3) is 33.2 Å². The lowest BCUT2D eigenvalue weighted by atomic mass is 9.88. The van der Waals surface area contributed by atoms with Crippen LogP contribution in [0.5, 0.6) is 0 Å². The van der Waals surface area contributed by atoms with Gasteiger partial charge in [-0.2, -0.15) is 9.57 Å². The van der Waals surface area contributed by atoms with Crippen LogP contribution >= 0.6 is 11.6 Å². The maximum atomic E-state index is 12.6. The number of benzene rings is 1. The average molecular weight is 469 g/mol. The molecule has 32 heavy (non-hydrogen) atoms. The van der Waals surface area contributed by atoms with E-state index in [9.17, 15) is 13.7 Å². The van der Waals surface area contributed by atoms with Crippen molar-refractivity contribution in [1.82, 2.24) is 23.8 Å². The normalized spacial score (nSPS) is 16.3. The number of hydrogen-bond donors (Lipinski definition) is 1. The Labute approximate surface area is 190 Å². The molecule has 8 nitrogen and oxygen atoms in total. The van der Waals surface area contributed by atoms with E-state index in [0.717, 1.165) is 33.2 Å². The molecule has 0 aliphatic carbocycles. The number of hydrogen-bond acceptors (Lipinski definition) is 5. The van der Waals surface area contributed by atoms with Crippen molar-refractivity contribution in [2.24, 2.45) is 0 Å². The average Bonchev–Trinajstić information content (AvgIpc) is 3.35. The molecule has 10 heteroatoms. The van der Waals surface area contributed by atoms with Gasteiger partial charge in [0.15, 0.2) is 0 Å². The Kier molecular flexibility index (Phi) is 4.97. The fourth-order valence-electron chi connectivity index (χ4n) is 4.56. The number of aromatic nitrogens is 4. The van der Waals surface area contributed by atoms with Crippen molar-refractivity contribution in [3.05, 3.63) is 48.0 Å². The standard InChI is InChI=1S/C22H21ClN6O2S/c1-2-9-32(30,31)28-12-22(13-28,6-7-24)29-11-18(16-4-3-15(23)10-19(16)29)20-17-5-8-25-21(17)27-14-26-20/h3-5,8,10-11,14H,2,6,9,12-13H2,1H3,(H,25,26,27). The quantitative estimate of drug-likeness (QED) is 0.461. The van der Waals surface area contributed by atoms with E-state index in [2.05, 4.69) is 21.0 Å². The van der Waals surface area contributed by atoms with Gasteiger partial charge in [-0.25, -0.2) is 18.4 Å². The molecule has 1 aromatic carbocycles. The highest BCUT2D eigenvalue weighted by Gasteiger charge is 2.49. The van der Waals surface area contributed by atoms with Crippen LogP contribution in [-0.2, 0) is 15.6 Å². The first-order valence-corrected chi connectivity index (χ1v) is 12.3. The molecule has 1 saturated heterocycles. The lowest BCUT2D eigenvalue weighted by Crippen LogP contribution is -2.64. The number of aromatic amines is 1. The SMILES string of the molecule is CCCS(=O)(=O)N1CC(CC#N)(n2cc(-c3ncnc4[nH]ccc34)c3ccc(Cl)cc32)C1. The summed E-state index contributed by atoms with van der Waals surface area (Å²) in [5.74, 6) is 0.103. The molecule has 1 fully saturated rings. The molecular weight excluding hydrogens is 448 g/mol. The summed E-state index contributed by atoms with van der Waals surface area (Å²) in [5.41, 5.74) is 2.57. The Balaban J connectivity index is 1.69. The number of nitrogens with one attached hydrogen (secondary N) is 1. The number of nitriles is 1. The zero-order chi connectivity index (χ0) is 22.5. The first-order chi connectivity index (χ1) is 15.4. The van der Waals surface area contributed by atoms with Crippen molar-refractivity contribution < 1.29 is 8.42 Å². The Bertz CT molecular complexity index is 1480. The van der Waals surface area contributed by atoms with Gasteiger partial charge in [0.2, 0.25) is 10.0 Å². The predicted molar refractivity (Wildman–Crippen MR) is 124 cm³/mol. The fraction of sp³-hybridized carbons (Fsp3) is 0.318. The third-order valence-corrected chi connectivity index (χ3v) is 8.30. The number of halogens is 1. The van der Waals surface area contributed by atoms with Crippen LogP contribution in [0.1, 0.15) is 19.8 Å². The summed E-state index contributed by atoms with van der Waals surface area (Å²) in [6.07, 6.45) is 6.04. The first kappa shape index (κ1) is 20.9. The van der Waals surface area contributed by atoms with Crippen LogP contribution in [0.3, 0.4) is 0 Å². The zero-order valence-electron chi connectivity index (χ0n) is 17.4. The molecule has 1 aliphatic heterocycles. The van der Waals surface area contributed by atoms with Crippen molar-refractivity contribution >= 4 is 43.6 Å². The molecule has 4 aromatic rings. The molecule has 164 valence electrons. The molecule has 0 bridgehead atoms. The van der Waals surface area contributed by atoms with Gasteiger partial charge < -0.3 is 9.55 Å². The molecular formula is C22H21ClN6O2S. The van der Waals surface area contributed by atoms with Crippen LogP contribution in [0, 0.1) is 11.3 Å². The molecule has 5 rings (SSSR count). The number of rotatable bonds is 6. The van der Waals surface area contributed by atoms with E-state index in [1.165, 1.54) is 10.6 Å². The third kappa shape index (κ3) is 3.18. The molecule has 4 heterocycles. The number of fused-ring (bicyclic) bond motifs is 2. The number of nitrogens with zero attached hydrogens (tertiary/aromatic N) is 5. The summed E-state index contributed by atoms with van der Waals surface area (Å²) < 4.78 is 28.7. The number of H-pyrrole nitrogens is 1. The largest absolute Gasteiger partial charge is 0.346 e. The molecule has 1 aliphatic rings. The van der Waals surface area contributed by atoms with E-state index in [0.29, 0.717) is 11.4 Å². The van der Waals surface area contributed by atoms with Crippen LogP contribution in [0.2, 0.25) is 5.02 Å². The van der Waals surface area contributed by atoms with Gasteiger partial charge in [-0.3, -0.25) is 0 Å². The Morgan fingerprint density at radius 1 is 1.25 bits per heavy atom. The van der Waals surface area contributed by atoms with Gasteiger partial charge in [0, 0.05) is 46.8 Å². The molecule has 0 atom stereocenters. The van der Waals surface area contributed by atoms with Crippen molar-refractivity contribution in [3.63, 3.8) is 0 Å². The highest BCUT2D eigenvalue weighted by atomic mass is 35.5. The van der Waals surface area contributed by atoms with Crippen LogP contribution in [0.15, 0.2) is 43.0 Å². The summed E-state index contributed by atoms with van der Waals surface area (Å²) in [5, 5.41) is 12.0. The zero-order valence-corrected chi connectivity index (χ0v) is 19.0. The molecule has 0 unspecified atom stereocenters. The van der Waals surface area contributed by atoms with E-state index in [1.807, 2.05) is 48.1 Å². The summed E-state index contributed by atoms with van der Waals surface area (Å²) in [6, 6.07) is 9.81. The Morgan fingerprint density at radius 2 is 2.06 bits per heavy atom. The molecule has 0 radical (unpaired) electrons. The maximum Gasteiger partial charge on any atom is 0.214 e. The van der Waals surface area contributed by atoms with Crippen LogP contribution in [0.4, 0.5) is 0 Å². The van der Waals surface area contributed by atoms with Gasteiger partial charge in [-0.1, -0.05) is 24.6 Å². The lowest BCUT2D eigenvalue weighted by molar-refractivity contribution is 0.0892. The molecule has 0 saturated carbocycles. The summed E-state index contributed by atoms with van der Waals surface area (Å²) in [6.45, 7) is 2.35. The fourth-order valence-corrected chi connectivity index (χ4v) is 6.37. The Morgan fingerprint density at radius 3 is 2.81 bits per heavy atom. The first-order valence-electron chi connectivity index (χ1n) is 10.3. The minimum atomic E-state index is -3.34. The highest BCUT2D eigenvalue weighted by Crippen LogP contribution is 2.42. The molecule has 3 aromatic heterocycles. The molecule has 0 amide bonds. The van der Waals surface area contributed by atoms with E-state index in [1.54, 1.807) is 0 Å². The second-order valence-electron chi connectivity index (χ2n) is 8.18. The summed E-state index contributed by atoms with van der Waals surface area (Å²) in [7, 11) is -3.34. The number of sulfonamides is 1. The monoisotopic (exact) mass is 468 g/mol. The second kappa shape index (κ2) is 7.59. The van der Waals surface area contributed by atoms with E-state index in [4.69, 9.17) is 11.6 Å². The van der Waals surface area contributed by atoms with Crippen molar-refractivity contribution in [3.8, 4) is 17.3 Å². The van der Waals surface area contributed by atoms with E-state index < -0.39 is 15.6 Å². The van der Waals surface area contributed by atoms with Gasteiger partial charge in [-0.05, 0) is 24.6 Å². The predicted octanol–water partition coefficient (Wildman–Crippen LogP) is 3.90. The minimum absolute atomic E-state index is 0.103. The van der Waals surface area contributed by atoms with Crippen molar-refractivity contribution in [2.75, 3.05) is 18.8 Å². The summed E-state index contributed by atoms with van der Waals surface area (Å²) in [4.78, 5) is 11.9. The topological polar surface area (TPSA) is 108 Å². The van der Waals surface area contributed by atoms with E-state index >= 15 is 0 Å². The van der Waals surface area contributed by atoms with Crippen molar-refractivity contribution in [2.45, 2.75) is 25.3 Å². The lowest BCUT2D eigenvalue weighted by Gasteiger charge is -2.49. The maximum absolute atomic E-state index is 12.6. The van der Waals surface area contributed by atoms with Crippen LogP contribution < -0.4 is 0 Å². The van der Waals surface area contributed by atoms with Gasteiger partial charge in [0.25, 0.3) is 0 Å². The van der Waals surface area contributed by atoms with Crippen LogP contribution in [-0.4, -0.2) is 51.1 Å². The van der Waals surface area contributed by atoms with Gasteiger partial charge >= 0.3 is 0 Å². The van der Waals surface area contributed by atoms with Gasteiger partial charge in [0.05, 0.1) is 35.0 Å². The van der Waals surface area contributed by atoms with Crippen molar-refractivity contribution in [1.29, 1.82) is 5.26 Å². The molecule has 1 N–H and O–H groups in total. The second-order valence-corrected chi connectivity index (χ2v) is 10.7. The summed E-state index contributed by atoms with van der Waals surface area (Å²) >= 11 is 6.34. The smallest absolute Gasteiger partial charge is 0.214 e. The third-order valence-electron chi connectivity index (χ3n) is 6.09.